The smallest absolute Gasteiger partial charge is 0.413 e. The minimum Gasteiger partial charge on any atom is -0.495 e. The molecule has 0 radical (unpaired) electrons. The second kappa shape index (κ2) is 9.43. The molecule has 0 spiro atoms. The molecule has 1 aliphatic rings. The number of carbonyl (C=O) groups is 2. The van der Waals surface area contributed by atoms with Crippen LogP contribution in [0.3, 0.4) is 0 Å². The maximum Gasteiger partial charge on any atom is 0.413 e. The molecule has 2 N–H and O–H groups in total. The predicted octanol–water partition coefficient (Wildman–Crippen LogP) is 5.38. The van der Waals surface area contributed by atoms with Gasteiger partial charge in [-0.1, -0.05) is 30.3 Å². The van der Waals surface area contributed by atoms with Crippen LogP contribution in [0, 0.1) is 0 Å². The highest BCUT2D eigenvalue weighted by Crippen LogP contribution is 2.31. The highest BCUT2D eigenvalue weighted by molar-refractivity contribution is 6.07. The van der Waals surface area contributed by atoms with Gasteiger partial charge in [-0.3, -0.25) is 10.1 Å². The first kappa shape index (κ1) is 23.1. The molecule has 2 heterocycles. The van der Waals surface area contributed by atoms with E-state index in [4.69, 9.17) is 9.47 Å². The molecule has 0 unspecified atom stereocenters. The van der Waals surface area contributed by atoms with Gasteiger partial charge in [0.05, 0.1) is 12.8 Å². The fourth-order valence-corrected chi connectivity index (χ4v) is 3.78. The molecule has 4 rings (SSSR count). The number of ether oxygens (including phenoxy) is 2. The van der Waals surface area contributed by atoms with Crippen molar-refractivity contribution in [1.29, 1.82) is 0 Å². The Kier molecular flexibility index (Phi) is 6.40. The Bertz CT molecular complexity index is 1220. The minimum atomic E-state index is -0.671. The number of nitrogens with zero attached hydrogens (tertiary/aromatic N) is 2. The molecule has 3 aromatic rings. The van der Waals surface area contributed by atoms with Crippen molar-refractivity contribution in [2.24, 2.45) is 0 Å². The van der Waals surface area contributed by atoms with Gasteiger partial charge in [-0.2, -0.15) is 0 Å². The van der Waals surface area contributed by atoms with E-state index >= 15 is 0 Å². The van der Waals surface area contributed by atoms with Crippen LogP contribution in [0.2, 0.25) is 0 Å². The number of benzene rings is 2. The summed E-state index contributed by atoms with van der Waals surface area (Å²) in [6.07, 6.45) is 0.128. The monoisotopic (exact) mass is 460 g/mol. The molecule has 2 aromatic carbocycles. The Labute approximate surface area is 198 Å². The number of methoxy groups -OCH3 is 1. The van der Waals surface area contributed by atoms with Gasteiger partial charge in [-0.15, -0.1) is 0 Å². The summed E-state index contributed by atoms with van der Waals surface area (Å²) in [5.41, 5.74) is 2.80. The first-order chi connectivity index (χ1) is 16.2. The van der Waals surface area contributed by atoms with Gasteiger partial charge in [0.15, 0.2) is 0 Å². The first-order valence-electron chi connectivity index (χ1n) is 11.1. The van der Waals surface area contributed by atoms with E-state index < -0.39 is 11.7 Å². The van der Waals surface area contributed by atoms with Crippen LogP contribution in [0.25, 0.3) is 0 Å². The molecule has 8 nitrogen and oxygen atoms in total. The summed E-state index contributed by atoms with van der Waals surface area (Å²) < 4.78 is 10.8. The molecule has 2 amide bonds. The predicted molar refractivity (Wildman–Crippen MR) is 132 cm³/mol. The third kappa shape index (κ3) is 5.28. The van der Waals surface area contributed by atoms with Gasteiger partial charge < -0.3 is 19.7 Å². The van der Waals surface area contributed by atoms with Crippen molar-refractivity contribution in [3.05, 3.63) is 71.9 Å². The number of nitrogens with one attached hydrogen (secondary N) is 2. The fraction of sp³-hybridized carbons (Fsp3) is 0.269. The van der Waals surface area contributed by atoms with Crippen LogP contribution in [0.1, 0.15) is 36.8 Å². The Morgan fingerprint density at radius 2 is 1.76 bits per heavy atom. The van der Waals surface area contributed by atoms with Gasteiger partial charge in [-0.05, 0) is 57.0 Å². The first-order valence-corrected chi connectivity index (χ1v) is 11.1. The minimum absolute atomic E-state index is 0.197. The van der Waals surface area contributed by atoms with Crippen molar-refractivity contribution in [3.8, 4) is 5.75 Å². The van der Waals surface area contributed by atoms with Crippen LogP contribution in [0.4, 0.5) is 27.7 Å². The van der Waals surface area contributed by atoms with E-state index in [1.165, 1.54) is 0 Å². The molecule has 0 saturated heterocycles. The van der Waals surface area contributed by atoms with Crippen LogP contribution in [0.15, 0.2) is 60.7 Å². The number of hydrogen-bond acceptors (Lipinski definition) is 6. The van der Waals surface area contributed by atoms with Crippen molar-refractivity contribution < 1.29 is 19.1 Å². The molecule has 0 saturated carbocycles. The lowest BCUT2D eigenvalue weighted by atomic mass is 10.2. The maximum atomic E-state index is 13.5. The van der Waals surface area contributed by atoms with Crippen LogP contribution in [0.5, 0.6) is 5.75 Å². The number of anilines is 4. The number of aromatic nitrogens is 1. The lowest BCUT2D eigenvalue weighted by molar-refractivity contribution is 0.0635. The van der Waals surface area contributed by atoms with Crippen molar-refractivity contribution in [2.75, 3.05) is 29.2 Å². The van der Waals surface area contributed by atoms with Gasteiger partial charge in [0.1, 0.15) is 22.9 Å². The van der Waals surface area contributed by atoms with Crippen LogP contribution >= 0.6 is 0 Å². The van der Waals surface area contributed by atoms with Gasteiger partial charge in [0.25, 0.3) is 5.91 Å². The number of fused-ring (bicyclic) bond motifs is 1. The third-order valence-electron chi connectivity index (χ3n) is 5.19. The Hall–Kier alpha value is -4.07. The van der Waals surface area contributed by atoms with Crippen LogP contribution in [-0.4, -0.2) is 36.2 Å². The summed E-state index contributed by atoms with van der Waals surface area (Å²) in [6.45, 7) is 5.90. The zero-order valence-electron chi connectivity index (χ0n) is 19.7. The van der Waals surface area contributed by atoms with Crippen molar-refractivity contribution >= 4 is 34.9 Å². The van der Waals surface area contributed by atoms with Crippen molar-refractivity contribution in [2.45, 2.75) is 32.8 Å². The Balaban J connectivity index is 1.68. The van der Waals surface area contributed by atoms with Gasteiger partial charge in [-0.25, -0.2) is 9.78 Å². The summed E-state index contributed by atoms with van der Waals surface area (Å²) >= 11 is 0. The highest BCUT2D eigenvalue weighted by Gasteiger charge is 2.27. The number of hydrogen-bond donors (Lipinski definition) is 2. The van der Waals surface area contributed by atoms with E-state index in [2.05, 4.69) is 15.6 Å². The number of para-hydroxylation sites is 3. The van der Waals surface area contributed by atoms with E-state index in [1.54, 1.807) is 44.9 Å². The molecule has 1 aliphatic heterocycles. The molecule has 34 heavy (non-hydrogen) atoms. The van der Waals surface area contributed by atoms with Gasteiger partial charge in [0.2, 0.25) is 0 Å². The van der Waals surface area contributed by atoms with E-state index in [-0.39, 0.29) is 17.4 Å². The second-order valence-electron chi connectivity index (χ2n) is 8.91. The lowest BCUT2D eigenvalue weighted by Crippen LogP contribution is -2.30. The van der Waals surface area contributed by atoms with E-state index in [0.717, 1.165) is 17.7 Å². The molecule has 0 bridgehead atoms. The standard InChI is InChI=1S/C26H28N4O4/c1-26(2,3)34-25(32)29-23-16-18(27-19-10-6-8-12-22(19)33-4)15-20(28-23)24(31)30-14-13-17-9-5-7-11-21(17)30/h5-12,15-16H,13-14H2,1-4H3,(H2,27,28,29,32). The molecule has 0 atom stereocenters. The van der Waals surface area contributed by atoms with E-state index in [9.17, 15) is 9.59 Å². The van der Waals surface area contributed by atoms with E-state index in [0.29, 0.717) is 23.7 Å². The average molecular weight is 461 g/mol. The van der Waals surface area contributed by atoms with Crippen LogP contribution in [-0.2, 0) is 11.2 Å². The largest absolute Gasteiger partial charge is 0.495 e. The molecular formula is C26H28N4O4. The summed E-state index contributed by atoms with van der Waals surface area (Å²) in [4.78, 5) is 32.0. The highest BCUT2D eigenvalue weighted by atomic mass is 16.6. The number of rotatable bonds is 5. The average Bonchev–Trinajstić information content (AvgIpc) is 3.21. The van der Waals surface area contributed by atoms with E-state index in [1.807, 2.05) is 48.5 Å². The normalized spacial score (nSPS) is 12.6. The topological polar surface area (TPSA) is 92.8 Å². The Morgan fingerprint density at radius 1 is 1.03 bits per heavy atom. The third-order valence-corrected chi connectivity index (χ3v) is 5.19. The zero-order valence-corrected chi connectivity index (χ0v) is 19.7. The molecular weight excluding hydrogens is 432 g/mol. The van der Waals surface area contributed by atoms with Gasteiger partial charge in [0, 0.05) is 24.0 Å². The quantitative estimate of drug-likeness (QED) is 0.531. The molecule has 8 heteroatoms. The molecule has 1 aromatic heterocycles. The van der Waals surface area contributed by atoms with Crippen molar-refractivity contribution in [1.82, 2.24) is 4.98 Å². The summed E-state index contributed by atoms with van der Waals surface area (Å²) in [7, 11) is 1.59. The molecule has 176 valence electrons. The van der Waals surface area contributed by atoms with Crippen molar-refractivity contribution in [3.63, 3.8) is 0 Å². The number of amides is 2. The fourth-order valence-electron chi connectivity index (χ4n) is 3.78. The summed E-state index contributed by atoms with van der Waals surface area (Å²) in [5, 5.41) is 5.91. The Morgan fingerprint density at radius 3 is 2.53 bits per heavy atom. The molecule has 0 fully saturated rings. The second-order valence-corrected chi connectivity index (χ2v) is 8.91. The summed E-state index contributed by atoms with van der Waals surface area (Å²) in [6, 6.07) is 18.6. The summed E-state index contributed by atoms with van der Waals surface area (Å²) in [5.74, 6) is 0.591. The SMILES string of the molecule is COc1ccccc1Nc1cc(NC(=O)OC(C)(C)C)nc(C(=O)N2CCc3ccccc32)c1. The number of carbonyl (C=O) groups excluding carboxylic acids is 2. The van der Waals surface area contributed by atoms with Gasteiger partial charge >= 0.3 is 6.09 Å². The number of pyridine rings is 1. The van der Waals surface area contributed by atoms with Crippen LogP contribution < -0.4 is 20.3 Å². The lowest BCUT2D eigenvalue weighted by Gasteiger charge is -2.21. The molecule has 0 aliphatic carbocycles. The maximum absolute atomic E-state index is 13.5. The zero-order chi connectivity index (χ0) is 24.3.